The van der Waals surface area contributed by atoms with Crippen LogP contribution in [0.5, 0.6) is 0 Å². The number of carbonyl (C=O) groups excluding carboxylic acids is 1. The fraction of sp³-hybridized carbons (Fsp3) is 0.130. The van der Waals surface area contributed by atoms with Gasteiger partial charge in [0.05, 0.1) is 10.6 Å². The number of aryl methyl sites for hydroxylation is 2. The van der Waals surface area contributed by atoms with Crippen molar-refractivity contribution in [2.45, 2.75) is 13.8 Å². The van der Waals surface area contributed by atoms with Crippen LogP contribution in [0.1, 0.15) is 16.9 Å². The van der Waals surface area contributed by atoms with Crippen LogP contribution in [-0.4, -0.2) is 23.0 Å². The second-order valence-corrected chi connectivity index (χ2v) is 8.75. The van der Waals surface area contributed by atoms with E-state index in [1.807, 2.05) is 62.4 Å². The summed E-state index contributed by atoms with van der Waals surface area (Å²) in [5.74, 6) is 1.30. The van der Waals surface area contributed by atoms with Gasteiger partial charge in [0.15, 0.2) is 5.17 Å². The van der Waals surface area contributed by atoms with Crippen molar-refractivity contribution in [3.8, 4) is 11.3 Å². The first-order valence-electron chi connectivity index (χ1n) is 9.10. The van der Waals surface area contributed by atoms with Crippen LogP contribution >= 0.6 is 27.7 Å². The minimum Gasteiger partial charge on any atom is -0.457 e. The lowest BCUT2D eigenvalue weighted by Crippen LogP contribution is -2.23. The SMILES string of the molecule is Cc1ccc(N=C2S/C(=C/c3ccc(-c4ccc(C)cc4Br)o3)C(=O)N2C)cc1. The van der Waals surface area contributed by atoms with Gasteiger partial charge in [-0.05, 0) is 67.6 Å². The van der Waals surface area contributed by atoms with E-state index in [0.717, 1.165) is 21.5 Å². The number of aliphatic imine (C=N–C) groups is 1. The van der Waals surface area contributed by atoms with Crippen LogP contribution in [0.4, 0.5) is 5.69 Å². The Morgan fingerprint density at radius 3 is 2.48 bits per heavy atom. The minimum atomic E-state index is -0.0877. The number of thioether (sulfide) groups is 1. The van der Waals surface area contributed by atoms with Gasteiger partial charge in [0.25, 0.3) is 5.91 Å². The van der Waals surface area contributed by atoms with E-state index in [-0.39, 0.29) is 5.91 Å². The molecule has 2 aromatic carbocycles. The molecule has 0 aliphatic carbocycles. The molecule has 1 fully saturated rings. The maximum absolute atomic E-state index is 12.6. The number of amidine groups is 1. The molecule has 1 aliphatic rings. The fourth-order valence-corrected chi connectivity index (χ4v) is 4.56. The second-order valence-electron chi connectivity index (χ2n) is 6.89. The van der Waals surface area contributed by atoms with Gasteiger partial charge in [0, 0.05) is 23.2 Å². The predicted octanol–water partition coefficient (Wildman–Crippen LogP) is 6.56. The molecule has 0 atom stereocenters. The maximum Gasteiger partial charge on any atom is 0.266 e. The highest BCUT2D eigenvalue weighted by molar-refractivity contribution is 9.10. The summed E-state index contributed by atoms with van der Waals surface area (Å²) in [5, 5.41) is 0.651. The molecule has 1 aliphatic heterocycles. The highest BCUT2D eigenvalue weighted by Gasteiger charge is 2.30. The number of hydrogen-bond acceptors (Lipinski definition) is 4. The first kappa shape index (κ1) is 19.7. The van der Waals surface area contributed by atoms with E-state index >= 15 is 0 Å². The first-order valence-corrected chi connectivity index (χ1v) is 10.7. The van der Waals surface area contributed by atoms with Crippen molar-refractivity contribution in [1.29, 1.82) is 0 Å². The van der Waals surface area contributed by atoms with Crippen LogP contribution in [0.15, 0.2) is 73.4 Å². The van der Waals surface area contributed by atoms with Crippen LogP contribution in [0.2, 0.25) is 0 Å². The van der Waals surface area contributed by atoms with E-state index in [2.05, 4.69) is 27.0 Å². The fourth-order valence-electron chi connectivity index (χ4n) is 2.91. The normalized spacial score (nSPS) is 17.0. The number of furan rings is 1. The van der Waals surface area contributed by atoms with Crippen LogP contribution in [0.3, 0.4) is 0 Å². The summed E-state index contributed by atoms with van der Waals surface area (Å²) in [6.07, 6.45) is 1.77. The van der Waals surface area contributed by atoms with Crippen molar-refractivity contribution in [1.82, 2.24) is 4.90 Å². The average Bonchev–Trinajstić information content (AvgIpc) is 3.24. The first-order chi connectivity index (χ1) is 13.9. The van der Waals surface area contributed by atoms with E-state index < -0.39 is 0 Å². The standard InChI is InChI=1S/C23H19BrN2O2S/c1-14-4-7-16(8-5-14)25-23-26(3)22(27)21(29-23)13-17-9-11-20(28-17)18-10-6-15(2)12-19(18)24/h4-13H,1-3H3/b21-13+,25-23?. The Balaban J connectivity index is 1.59. The number of amides is 1. The van der Waals surface area contributed by atoms with Crippen LogP contribution in [0.25, 0.3) is 17.4 Å². The van der Waals surface area contributed by atoms with Gasteiger partial charge in [-0.3, -0.25) is 9.69 Å². The number of halogens is 1. The van der Waals surface area contributed by atoms with E-state index in [4.69, 9.17) is 4.42 Å². The number of hydrogen-bond donors (Lipinski definition) is 0. The van der Waals surface area contributed by atoms with Crippen molar-refractivity contribution in [2.75, 3.05) is 7.05 Å². The van der Waals surface area contributed by atoms with Gasteiger partial charge in [-0.15, -0.1) is 0 Å². The summed E-state index contributed by atoms with van der Waals surface area (Å²) in [6, 6.07) is 17.8. The molecular formula is C23H19BrN2O2S. The van der Waals surface area contributed by atoms with E-state index in [1.54, 1.807) is 18.0 Å². The van der Waals surface area contributed by atoms with Crippen LogP contribution in [-0.2, 0) is 4.79 Å². The highest BCUT2D eigenvalue weighted by Crippen LogP contribution is 2.35. The van der Waals surface area contributed by atoms with Gasteiger partial charge in [-0.25, -0.2) is 4.99 Å². The van der Waals surface area contributed by atoms with Crippen molar-refractivity contribution < 1.29 is 9.21 Å². The summed E-state index contributed by atoms with van der Waals surface area (Å²) in [4.78, 5) is 19.4. The minimum absolute atomic E-state index is 0.0877. The van der Waals surface area contributed by atoms with Crippen molar-refractivity contribution in [3.63, 3.8) is 0 Å². The third kappa shape index (κ3) is 4.23. The molecule has 2 heterocycles. The number of rotatable bonds is 3. The van der Waals surface area contributed by atoms with Crippen molar-refractivity contribution >= 4 is 50.5 Å². The molecule has 1 saturated heterocycles. The Morgan fingerprint density at radius 1 is 1.03 bits per heavy atom. The molecule has 1 aromatic heterocycles. The molecule has 4 nitrogen and oxygen atoms in total. The third-order valence-corrected chi connectivity index (χ3v) is 6.27. The largest absolute Gasteiger partial charge is 0.457 e. The maximum atomic E-state index is 12.6. The predicted molar refractivity (Wildman–Crippen MR) is 123 cm³/mol. The molecule has 0 N–H and O–H groups in total. The Labute approximate surface area is 182 Å². The molecule has 0 spiro atoms. The summed E-state index contributed by atoms with van der Waals surface area (Å²) in [7, 11) is 1.74. The van der Waals surface area contributed by atoms with Gasteiger partial charge < -0.3 is 4.42 Å². The molecule has 0 bridgehead atoms. The molecule has 29 heavy (non-hydrogen) atoms. The summed E-state index contributed by atoms with van der Waals surface area (Å²) >= 11 is 4.94. The Morgan fingerprint density at radius 2 is 1.76 bits per heavy atom. The van der Waals surface area contributed by atoms with E-state index in [9.17, 15) is 4.79 Å². The third-order valence-electron chi connectivity index (χ3n) is 4.55. The lowest BCUT2D eigenvalue weighted by Gasteiger charge is -2.07. The summed E-state index contributed by atoms with van der Waals surface area (Å²) in [6.45, 7) is 4.08. The number of nitrogens with zero attached hydrogens (tertiary/aromatic N) is 2. The zero-order chi connectivity index (χ0) is 20.5. The highest BCUT2D eigenvalue weighted by atomic mass is 79.9. The molecule has 4 rings (SSSR count). The molecular weight excluding hydrogens is 448 g/mol. The number of benzene rings is 2. The molecule has 1 amide bonds. The smallest absolute Gasteiger partial charge is 0.266 e. The van der Waals surface area contributed by atoms with Crippen molar-refractivity contribution in [3.05, 3.63) is 80.9 Å². The quantitative estimate of drug-likeness (QED) is 0.410. The van der Waals surface area contributed by atoms with Crippen LogP contribution in [0, 0.1) is 13.8 Å². The monoisotopic (exact) mass is 466 g/mol. The van der Waals surface area contributed by atoms with E-state index in [0.29, 0.717) is 15.8 Å². The van der Waals surface area contributed by atoms with Gasteiger partial charge >= 0.3 is 0 Å². The lowest BCUT2D eigenvalue weighted by atomic mass is 10.1. The van der Waals surface area contributed by atoms with Crippen molar-refractivity contribution in [2.24, 2.45) is 4.99 Å². The summed E-state index contributed by atoms with van der Waals surface area (Å²) in [5.41, 5.74) is 4.14. The number of likely N-dealkylation sites (N-methyl/N-ethyl adjacent to an activating group) is 1. The zero-order valence-electron chi connectivity index (χ0n) is 16.3. The van der Waals surface area contributed by atoms with Gasteiger partial charge in [-0.1, -0.05) is 39.7 Å². The van der Waals surface area contributed by atoms with E-state index in [1.165, 1.54) is 22.9 Å². The molecule has 0 unspecified atom stereocenters. The zero-order valence-corrected chi connectivity index (χ0v) is 18.7. The number of carbonyl (C=O) groups is 1. The Kier molecular flexibility index (Phi) is 5.48. The Hall–Kier alpha value is -2.57. The molecule has 6 heteroatoms. The van der Waals surface area contributed by atoms with Crippen LogP contribution < -0.4 is 0 Å². The average molecular weight is 467 g/mol. The topological polar surface area (TPSA) is 45.8 Å². The Bertz CT molecular complexity index is 1150. The molecule has 146 valence electrons. The second kappa shape index (κ2) is 8.05. The molecule has 0 radical (unpaired) electrons. The summed E-state index contributed by atoms with van der Waals surface area (Å²) < 4.78 is 6.95. The van der Waals surface area contributed by atoms with Gasteiger partial charge in [-0.2, -0.15) is 0 Å². The molecule has 3 aromatic rings. The molecule has 0 saturated carbocycles. The van der Waals surface area contributed by atoms with Gasteiger partial charge in [0.1, 0.15) is 11.5 Å². The lowest BCUT2D eigenvalue weighted by molar-refractivity contribution is -0.121. The van der Waals surface area contributed by atoms with Gasteiger partial charge in [0.2, 0.25) is 0 Å².